The van der Waals surface area contributed by atoms with Crippen LogP contribution in [0.15, 0.2) is 54.6 Å². The van der Waals surface area contributed by atoms with E-state index in [4.69, 9.17) is 16.3 Å². The second-order valence-electron chi connectivity index (χ2n) is 6.79. The Kier molecular flexibility index (Phi) is 7.42. The third-order valence-electron chi connectivity index (χ3n) is 4.75. The van der Waals surface area contributed by atoms with Gasteiger partial charge in [-0.2, -0.15) is 0 Å². The number of rotatable bonds is 7. The SMILES string of the molecule is O=C(CNC(=O)c1ccc(Cl)cc1)N[C@@H](C[NH+]1CCOCC1)c1ccccc1. The topological polar surface area (TPSA) is 71.9 Å². The number of morpholine rings is 1. The lowest BCUT2D eigenvalue weighted by molar-refractivity contribution is -0.909. The summed E-state index contributed by atoms with van der Waals surface area (Å²) in [6.07, 6.45) is 0. The molecule has 3 N–H and O–H groups in total. The van der Waals surface area contributed by atoms with Crippen molar-refractivity contribution in [1.29, 1.82) is 0 Å². The zero-order chi connectivity index (χ0) is 19.8. The van der Waals surface area contributed by atoms with E-state index in [0.29, 0.717) is 10.6 Å². The van der Waals surface area contributed by atoms with Gasteiger partial charge >= 0.3 is 0 Å². The average Bonchev–Trinajstić information content (AvgIpc) is 2.73. The Hall–Kier alpha value is -2.41. The molecule has 1 heterocycles. The van der Waals surface area contributed by atoms with Crippen molar-refractivity contribution in [3.05, 3.63) is 70.7 Å². The lowest BCUT2D eigenvalue weighted by atomic mass is 10.1. The molecule has 2 amide bonds. The van der Waals surface area contributed by atoms with Gasteiger partial charge in [-0.25, -0.2) is 0 Å². The van der Waals surface area contributed by atoms with Crippen LogP contribution in [0.1, 0.15) is 22.0 Å². The molecule has 0 spiro atoms. The quantitative estimate of drug-likeness (QED) is 0.642. The summed E-state index contributed by atoms with van der Waals surface area (Å²) in [7, 11) is 0. The van der Waals surface area contributed by atoms with Crippen molar-refractivity contribution in [2.75, 3.05) is 39.4 Å². The van der Waals surface area contributed by atoms with Gasteiger partial charge in [-0.1, -0.05) is 41.9 Å². The standard InChI is InChI=1S/C21H24ClN3O3/c22-18-8-6-17(7-9-18)21(27)23-14-20(26)24-19(16-4-2-1-3-5-16)15-25-10-12-28-13-11-25/h1-9,19H,10-15H2,(H,23,27)(H,24,26)/p+1/t19-/m0/s1. The van der Waals surface area contributed by atoms with Crippen LogP contribution < -0.4 is 15.5 Å². The highest BCUT2D eigenvalue weighted by atomic mass is 35.5. The normalized spacial score (nSPS) is 15.6. The molecule has 0 bridgehead atoms. The van der Waals surface area contributed by atoms with Crippen LogP contribution in [0.2, 0.25) is 5.02 Å². The van der Waals surface area contributed by atoms with Crippen molar-refractivity contribution < 1.29 is 19.2 Å². The van der Waals surface area contributed by atoms with Gasteiger partial charge in [0.25, 0.3) is 5.91 Å². The van der Waals surface area contributed by atoms with E-state index in [2.05, 4.69) is 10.6 Å². The molecule has 1 aliphatic heterocycles. The van der Waals surface area contributed by atoms with Crippen LogP contribution in [0, 0.1) is 0 Å². The predicted molar refractivity (Wildman–Crippen MR) is 107 cm³/mol. The van der Waals surface area contributed by atoms with E-state index >= 15 is 0 Å². The number of nitrogens with one attached hydrogen (secondary N) is 3. The van der Waals surface area contributed by atoms with Crippen LogP contribution in [0.4, 0.5) is 0 Å². The molecule has 1 atom stereocenters. The number of hydrogen-bond donors (Lipinski definition) is 3. The molecule has 0 unspecified atom stereocenters. The lowest BCUT2D eigenvalue weighted by Crippen LogP contribution is -3.14. The van der Waals surface area contributed by atoms with Crippen LogP contribution in [-0.2, 0) is 9.53 Å². The molecule has 0 radical (unpaired) electrons. The summed E-state index contributed by atoms with van der Waals surface area (Å²) in [4.78, 5) is 26.1. The summed E-state index contributed by atoms with van der Waals surface area (Å²) in [5.74, 6) is -0.522. The molecule has 0 aromatic heterocycles. The maximum atomic E-state index is 12.5. The zero-order valence-corrected chi connectivity index (χ0v) is 16.4. The monoisotopic (exact) mass is 402 g/mol. The fraction of sp³-hybridized carbons (Fsp3) is 0.333. The minimum atomic E-state index is -0.304. The molecular formula is C21H25ClN3O3+. The Labute approximate surface area is 169 Å². The van der Waals surface area contributed by atoms with Gasteiger partial charge in [0.15, 0.2) is 0 Å². The summed E-state index contributed by atoms with van der Waals surface area (Å²) in [5, 5.41) is 6.28. The van der Waals surface area contributed by atoms with E-state index < -0.39 is 0 Å². The summed E-state index contributed by atoms with van der Waals surface area (Å²) < 4.78 is 5.42. The van der Waals surface area contributed by atoms with E-state index in [1.807, 2.05) is 30.3 Å². The molecule has 1 saturated heterocycles. The number of carbonyl (C=O) groups is 2. The number of ether oxygens (including phenoxy) is 1. The van der Waals surface area contributed by atoms with E-state index in [-0.39, 0.29) is 24.4 Å². The van der Waals surface area contributed by atoms with Gasteiger partial charge in [0.1, 0.15) is 25.7 Å². The van der Waals surface area contributed by atoms with Crippen LogP contribution in [-0.4, -0.2) is 51.2 Å². The predicted octanol–water partition coefficient (Wildman–Crippen LogP) is 0.842. The number of quaternary nitrogens is 1. The van der Waals surface area contributed by atoms with Crippen LogP contribution in [0.3, 0.4) is 0 Å². The fourth-order valence-corrected chi connectivity index (χ4v) is 3.33. The van der Waals surface area contributed by atoms with Gasteiger partial charge in [0.2, 0.25) is 5.91 Å². The Morgan fingerprint density at radius 3 is 2.39 bits per heavy atom. The highest BCUT2D eigenvalue weighted by Crippen LogP contribution is 2.11. The number of hydrogen-bond acceptors (Lipinski definition) is 3. The molecular weight excluding hydrogens is 378 g/mol. The first-order valence-electron chi connectivity index (χ1n) is 9.41. The van der Waals surface area contributed by atoms with Crippen LogP contribution >= 0.6 is 11.6 Å². The molecule has 7 heteroatoms. The van der Waals surface area contributed by atoms with Crippen molar-refractivity contribution >= 4 is 23.4 Å². The second-order valence-corrected chi connectivity index (χ2v) is 7.22. The smallest absolute Gasteiger partial charge is 0.251 e. The molecule has 2 aromatic carbocycles. The molecule has 0 aliphatic carbocycles. The van der Waals surface area contributed by atoms with Crippen LogP contribution in [0.25, 0.3) is 0 Å². The van der Waals surface area contributed by atoms with E-state index in [0.717, 1.165) is 38.4 Å². The Morgan fingerprint density at radius 1 is 1.04 bits per heavy atom. The second kappa shape index (κ2) is 10.2. The lowest BCUT2D eigenvalue weighted by Gasteiger charge is -2.28. The molecule has 0 saturated carbocycles. The highest BCUT2D eigenvalue weighted by molar-refractivity contribution is 6.30. The molecule has 148 valence electrons. The van der Waals surface area contributed by atoms with Crippen molar-refractivity contribution in [2.24, 2.45) is 0 Å². The zero-order valence-electron chi connectivity index (χ0n) is 15.6. The minimum Gasteiger partial charge on any atom is -0.370 e. The number of amides is 2. The first-order chi connectivity index (χ1) is 13.6. The molecule has 1 aliphatic rings. The van der Waals surface area contributed by atoms with Gasteiger partial charge in [0, 0.05) is 10.6 Å². The Balaban J connectivity index is 1.57. The first-order valence-corrected chi connectivity index (χ1v) is 9.79. The Morgan fingerprint density at radius 2 is 1.71 bits per heavy atom. The van der Waals surface area contributed by atoms with Gasteiger partial charge in [0.05, 0.1) is 19.8 Å². The summed E-state index contributed by atoms with van der Waals surface area (Å²) in [6, 6.07) is 16.3. The number of benzene rings is 2. The van der Waals surface area contributed by atoms with E-state index in [1.54, 1.807) is 24.3 Å². The van der Waals surface area contributed by atoms with Crippen molar-refractivity contribution in [1.82, 2.24) is 10.6 Å². The average molecular weight is 403 g/mol. The number of halogens is 1. The van der Waals surface area contributed by atoms with E-state index in [9.17, 15) is 9.59 Å². The molecule has 6 nitrogen and oxygen atoms in total. The van der Waals surface area contributed by atoms with Crippen LogP contribution in [0.5, 0.6) is 0 Å². The summed E-state index contributed by atoms with van der Waals surface area (Å²) >= 11 is 5.83. The summed E-state index contributed by atoms with van der Waals surface area (Å²) in [5.41, 5.74) is 1.52. The fourth-order valence-electron chi connectivity index (χ4n) is 3.20. The van der Waals surface area contributed by atoms with E-state index in [1.165, 1.54) is 4.90 Å². The van der Waals surface area contributed by atoms with Crippen molar-refractivity contribution in [2.45, 2.75) is 6.04 Å². The van der Waals surface area contributed by atoms with Gasteiger partial charge in [-0.3, -0.25) is 9.59 Å². The molecule has 3 rings (SSSR count). The maximum absolute atomic E-state index is 12.5. The van der Waals surface area contributed by atoms with Crippen molar-refractivity contribution in [3.63, 3.8) is 0 Å². The highest BCUT2D eigenvalue weighted by Gasteiger charge is 2.23. The maximum Gasteiger partial charge on any atom is 0.251 e. The molecule has 2 aromatic rings. The number of carbonyl (C=O) groups excluding carboxylic acids is 2. The third kappa shape index (κ3) is 6.05. The molecule has 28 heavy (non-hydrogen) atoms. The van der Waals surface area contributed by atoms with Crippen molar-refractivity contribution in [3.8, 4) is 0 Å². The largest absolute Gasteiger partial charge is 0.370 e. The minimum absolute atomic E-state index is 0.0801. The molecule has 1 fully saturated rings. The Bertz CT molecular complexity index is 777. The summed E-state index contributed by atoms with van der Waals surface area (Å²) in [6.45, 7) is 4.02. The third-order valence-corrected chi connectivity index (χ3v) is 5.00. The van der Waals surface area contributed by atoms with Gasteiger partial charge < -0.3 is 20.3 Å². The first kappa shape index (κ1) is 20.3. The van der Waals surface area contributed by atoms with Gasteiger partial charge in [-0.15, -0.1) is 0 Å². The van der Waals surface area contributed by atoms with Gasteiger partial charge in [-0.05, 0) is 29.8 Å².